The topological polar surface area (TPSA) is 18.5 Å². The number of rotatable bonds is 4. The molecule has 0 bridgehead atoms. The molecule has 0 heterocycles. The Morgan fingerprint density at radius 3 is 1.94 bits per heavy atom. The molecule has 1 aliphatic carbocycles. The fraction of sp³-hybridized carbons (Fsp3) is 0.846. The molecular weight excluding hydrogens is 199 g/mol. The Kier molecular flexibility index (Phi) is 5.94. The molecule has 0 unspecified atom stereocenters. The highest BCUT2D eigenvalue weighted by Gasteiger charge is 2.20. The summed E-state index contributed by atoms with van der Waals surface area (Å²) in [6.45, 7) is 8.03. The maximum atomic E-state index is 5.63. The van der Waals surface area contributed by atoms with E-state index in [-0.39, 0.29) is 19.3 Å². The van der Waals surface area contributed by atoms with Crippen LogP contribution in [0.2, 0.25) is 0 Å². The van der Waals surface area contributed by atoms with Gasteiger partial charge in [0.15, 0.2) is 0 Å². The van der Waals surface area contributed by atoms with Crippen LogP contribution >= 0.6 is 0 Å². The van der Waals surface area contributed by atoms with Gasteiger partial charge in [0.1, 0.15) is 0 Å². The van der Waals surface area contributed by atoms with Crippen molar-refractivity contribution in [3.63, 3.8) is 0 Å². The van der Waals surface area contributed by atoms with Crippen LogP contribution in [0.4, 0.5) is 0 Å². The Hall–Kier alpha value is -0.455. The summed E-state index contributed by atoms with van der Waals surface area (Å²) >= 11 is 0. The molecule has 0 saturated heterocycles. The highest BCUT2D eigenvalue weighted by atomic mass is 16.6. The molecule has 0 spiro atoms. The molecule has 1 saturated carbocycles. The van der Waals surface area contributed by atoms with Crippen LogP contribution in [0.25, 0.3) is 0 Å². The third kappa shape index (κ3) is 5.58. The summed E-state index contributed by atoms with van der Waals surface area (Å²) in [5, 5.41) is 0. The summed E-state index contributed by atoms with van der Waals surface area (Å²) in [5.74, 6) is 6.99. The first kappa shape index (κ1) is 13.6. The van der Waals surface area contributed by atoms with Crippen LogP contribution in [0.5, 0.6) is 0 Å². The molecule has 2 nitrogen and oxygen atoms in total. The van der Waals surface area contributed by atoms with E-state index in [4.69, 9.17) is 9.31 Å². The van der Waals surface area contributed by atoms with Crippen LogP contribution in [-0.4, -0.2) is 19.3 Å². The van der Waals surface area contributed by atoms with E-state index < -0.39 is 0 Å². The number of hydrogen-bond donors (Lipinski definition) is 0. The van der Waals surface area contributed by atoms with Crippen molar-refractivity contribution in [3.05, 3.63) is 0 Å². The maximum Gasteiger partial charge on any atom is 0.550 e. The van der Waals surface area contributed by atoms with Crippen molar-refractivity contribution >= 4 is 7.12 Å². The second kappa shape index (κ2) is 6.99. The second-order valence-corrected chi connectivity index (χ2v) is 4.97. The fourth-order valence-electron chi connectivity index (χ4n) is 1.85. The Bertz CT molecular complexity index is 236. The zero-order chi connectivity index (χ0) is 12.0. The summed E-state index contributed by atoms with van der Waals surface area (Å²) in [6.07, 6.45) is 5.43. The molecule has 1 fully saturated rings. The largest absolute Gasteiger partial charge is 0.550 e. The number of hydrogen-bond acceptors (Lipinski definition) is 2. The van der Waals surface area contributed by atoms with E-state index >= 15 is 0 Å². The molecule has 90 valence electrons. The van der Waals surface area contributed by atoms with E-state index in [2.05, 4.69) is 11.7 Å². The van der Waals surface area contributed by atoms with Gasteiger partial charge in [-0.25, -0.2) is 0 Å². The Morgan fingerprint density at radius 2 is 1.50 bits per heavy atom. The lowest BCUT2D eigenvalue weighted by Crippen LogP contribution is -2.28. The van der Waals surface area contributed by atoms with Crippen LogP contribution in [0.15, 0.2) is 0 Å². The van der Waals surface area contributed by atoms with Gasteiger partial charge in [0.05, 0.1) is 0 Å². The van der Waals surface area contributed by atoms with Crippen molar-refractivity contribution in [1.82, 2.24) is 0 Å². The van der Waals surface area contributed by atoms with Gasteiger partial charge in [-0.3, -0.25) is 0 Å². The van der Waals surface area contributed by atoms with Gasteiger partial charge in [0, 0.05) is 18.1 Å². The summed E-state index contributed by atoms with van der Waals surface area (Å²) in [4.78, 5) is 0. The molecule has 1 rings (SSSR count). The summed E-state index contributed by atoms with van der Waals surface area (Å²) in [7, 11) is -0.361. The van der Waals surface area contributed by atoms with Crippen molar-refractivity contribution in [1.29, 1.82) is 0 Å². The molecule has 0 aliphatic heterocycles. The van der Waals surface area contributed by atoms with Crippen LogP contribution in [0.3, 0.4) is 0 Å². The Morgan fingerprint density at radius 1 is 1.00 bits per heavy atom. The highest BCUT2D eigenvalue weighted by molar-refractivity contribution is 6.54. The second-order valence-electron chi connectivity index (χ2n) is 4.97. The molecule has 0 aromatic rings. The average molecular weight is 222 g/mol. The van der Waals surface area contributed by atoms with E-state index in [9.17, 15) is 0 Å². The summed E-state index contributed by atoms with van der Waals surface area (Å²) < 4.78 is 11.3. The lowest BCUT2D eigenvalue weighted by Gasteiger charge is -2.15. The molecule has 1 aliphatic rings. The molecule has 0 amide bonds. The quantitative estimate of drug-likeness (QED) is 0.537. The smallest absolute Gasteiger partial charge is 0.398 e. The van der Waals surface area contributed by atoms with E-state index in [0.29, 0.717) is 5.92 Å². The monoisotopic (exact) mass is 222 g/mol. The molecule has 3 heteroatoms. The standard InChI is InChI=1S/C13H23BO2/c1-11(2)15-14(16-12(3)4)10-9-13-7-5-6-8-13/h11-13H,5-8H2,1-4H3. The van der Waals surface area contributed by atoms with Gasteiger partial charge in [-0.2, -0.15) is 0 Å². The molecular formula is C13H23BO2. The van der Waals surface area contributed by atoms with Gasteiger partial charge in [-0.05, 0) is 40.5 Å². The summed E-state index contributed by atoms with van der Waals surface area (Å²) in [6, 6.07) is 0. The van der Waals surface area contributed by atoms with E-state index in [1.54, 1.807) is 0 Å². The normalized spacial score (nSPS) is 16.6. The SMILES string of the molecule is CC(C)OB(C#CC1CCCC1)OC(C)C. The predicted octanol–water partition coefficient (Wildman–Crippen LogP) is 3.06. The highest BCUT2D eigenvalue weighted by Crippen LogP contribution is 2.23. The predicted molar refractivity (Wildman–Crippen MR) is 67.9 cm³/mol. The van der Waals surface area contributed by atoms with Crippen molar-refractivity contribution in [2.24, 2.45) is 5.92 Å². The van der Waals surface area contributed by atoms with Gasteiger partial charge < -0.3 is 9.31 Å². The van der Waals surface area contributed by atoms with Crippen LogP contribution in [0, 0.1) is 17.7 Å². The van der Waals surface area contributed by atoms with Gasteiger partial charge >= 0.3 is 7.12 Å². The molecule has 0 aromatic heterocycles. The Balaban J connectivity index is 2.46. The molecule has 0 radical (unpaired) electrons. The summed E-state index contributed by atoms with van der Waals surface area (Å²) in [5.41, 5.74) is 0. The van der Waals surface area contributed by atoms with Crippen LogP contribution in [-0.2, 0) is 9.31 Å². The minimum absolute atomic E-state index is 0.154. The first-order chi connectivity index (χ1) is 7.58. The minimum atomic E-state index is -0.361. The zero-order valence-electron chi connectivity index (χ0n) is 11.0. The van der Waals surface area contributed by atoms with E-state index in [1.807, 2.05) is 27.7 Å². The molecule has 16 heavy (non-hydrogen) atoms. The molecule has 0 aromatic carbocycles. The first-order valence-corrected chi connectivity index (χ1v) is 6.40. The van der Waals surface area contributed by atoms with Gasteiger partial charge in [-0.15, -0.1) is 5.92 Å². The zero-order valence-corrected chi connectivity index (χ0v) is 11.0. The van der Waals surface area contributed by atoms with E-state index in [0.717, 1.165) is 0 Å². The van der Waals surface area contributed by atoms with Crippen molar-refractivity contribution in [3.8, 4) is 11.7 Å². The lowest BCUT2D eigenvalue weighted by atomic mass is 9.89. The van der Waals surface area contributed by atoms with Gasteiger partial charge in [0.2, 0.25) is 0 Å². The van der Waals surface area contributed by atoms with Crippen molar-refractivity contribution < 1.29 is 9.31 Å². The van der Waals surface area contributed by atoms with Gasteiger partial charge in [0.25, 0.3) is 0 Å². The first-order valence-electron chi connectivity index (χ1n) is 6.40. The minimum Gasteiger partial charge on any atom is -0.398 e. The van der Waals surface area contributed by atoms with Crippen molar-refractivity contribution in [2.75, 3.05) is 0 Å². The third-order valence-electron chi connectivity index (χ3n) is 2.55. The van der Waals surface area contributed by atoms with E-state index in [1.165, 1.54) is 25.7 Å². The molecule has 0 N–H and O–H groups in total. The average Bonchev–Trinajstić information content (AvgIpc) is 2.64. The lowest BCUT2D eigenvalue weighted by molar-refractivity contribution is 0.140. The van der Waals surface area contributed by atoms with Crippen LogP contribution < -0.4 is 0 Å². The van der Waals surface area contributed by atoms with Crippen molar-refractivity contribution in [2.45, 2.75) is 65.6 Å². The third-order valence-corrected chi connectivity index (χ3v) is 2.55. The van der Waals surface area contributed by atoms with Gasteiger partial charge in [-0.1, -0.05) is 18.7 Å². The Labute approximate surface area is 100 Å². The molecule has 0 atom stereocenters. The maximum absolute atomic E-state index is 5.63. The van der Waals surface area contributed by atoms with Crippen LogP contribution in [0.1, 0.15) is 53.4 Å². The fourth-order valence-corrected chi connectivity index (χ4v) is 1.85.